The Hall–Kier alpha value is -3.53. The fourth-order valence-electron chi connectivity index (χ4n) is 4.11. The van der Waals surface area contributed by atoms with Crippen molar-refractivity contribution in [2.75, 3.05) is 13.9 Å². The summed E-state index contributed by atoms with van der Waals surface area (Å²) in [5.41, 5.74) is -0.144. The lowest BCUT2D eigenvalue weighted by atomic mass is 9.93. The molecule has 0 bridgehead atoms. The lowest BCUT2D eigenvalue weighted by Gasteiger charge is -2.32. The number of benzene rings is 1. The van der Waals surface area contributed by atoms with Crippen LogP contribution in [-0.4, -0.2) is 55.0 Å². The zero-order valence-corrected chi connectivity index (χ0v) is 24.8. The summed E-state index contributed by atoms with van der Waals surface area (Å²) < 4.78 is 27.7. The maximum Gasteiger partial charge on any atom is 0.329 e. The van der Waals surface area contributed by atoms with Crippen molar-refractivity contribution in [2.45, 2.75) is 72.6 Å². The van der Waals surface area contributed by atoms with Gasteiger partial charge in [-0.3, -0.25) is 9.59 Å². The van der Waals surface area contributed by atoms with Crippen molar-refractivity contribution in [3.8, 4) is 17.2 Å². The van der Waals surface area contributed by atoms with Gasteiger partial charge in [0.25, 0.3) is 5.91 Å². The quantitative estimate of drug-likeness (QED) is 0.224. The number of hydrogen-bond acceptors (Lipinski definition) is 9. The zero-order valence-electron chi connectivity index (χ0n) is 24.1. The number of pyridine rings is 1. The average Bonchev–Trinajstić information content (AvgIpc) is 2.92. The van der Waals surface area contributed by atoms with Gasteiger partial charge < -0.3 is 29.0 Å². The largest absolute Gasteiger partial charge is 0.493 e. The van der Waals surface area contributed by atoms with Gasteiger partial charge in [-0.15, -0.1) is 0 Å². The van der Waals surface area contributed by atoms with Crippen molar-refractivity contribution in [1.29, 1.82) is 0 Å². The Morgan fingerprint density at radius 2 is 1.70 bits per heavy atom. The van der Waals surface area contributed by atoms with Gasteiger partial charge in [0.2, 0.25) is 6.79 Å². The summed E-state index contributed by atoms with van der Waals surface area (Å²) in [6.07, 6.45) is 1.85. The normalized spacial score (nSPS) is 13.2. The average molecular weight is 579 g/mol. The highest BCUT2D eigenvalue weighted by molar-refractivity contribution is 6.32. The van der Waals surface area contributed by atoms with Crippen molar-refractivity contribution >= 4 is 29.4 Å². The molecule has 0 radical (unpaired) electrons. The van der Waals surface area contributed by atoms with Crippen LogP contribution in [0.2, 0.25) is 5.02 Å². The maximum absolute atomic E-state index is 13.4. The second-order valence-corrected chi connectivity index (χ2v) is 9.92. The minimum Gasteiger partial charge on any atom is -0.493 e. The summed E-state index contributed by atoms with van der Waals surface area (Å²) in [5.74, 6) is -1.44. The van der Waals surface area contributed by atoms with E-state index in [2.05, 4.69) is 10.3 Å². The fraction of sp³-hybridized carbons (Fsp3) is 0.517. The monoisotopic (exact) mass is 578 g/mol. The van der Waals surface area contributed by atoms with E-state index in [4.69, 9.17) is 35.3 Å². The molecule has 0 aliphatic rings. The van der Waals surface area contributed by atoms with Crippen molar-refractivity contribution in [3.05, 3.63) is 47.2 Å². The molecule has 11 heteroatoms. The third kappa shape index (κ3) is 9.01. The summed E-state index contributed by atoms with van der Waals surface area (Å²) in [4.78, 5) is 41.9. The van der Waals surface area contributed by atoms with E-state index in [0.29, 0.717) is 10.8 Å². The molecule has 0 spiro atoms. The van der Waals surface area contributed by atoms with Gasteiger partial charge in [-0.2, -0.15) is 0 Å². The highest BCUT2D eigenvalue weighted by Crippen LogP contribution is 2.31. The first-order valence-electron chi connectivity index (χ1n) is 13.3. The second kappa shape index (κ2) is 15.9. The molecule has 0 aliphatic carbocycles. The number of hydrogen-bond donors (Lipinski definition) is 1. The number of aromatic nitrogens is 1. The number of nitrogens with zero attached hydrogens (tertiary/aromatic N) is 1. The molecule has 220 valence electrons. The number of carbonyl (C=O) groups excluding carboxylic acids is 3. The molecule has 2 rings (SSSR count). The Morgan fingerprint density at radius 3 is 2.27 bits per heavy atom. The van der Waals surface area contributed by atoms with Crippen LogP contribution in [0.1, 0.15) is 64.9 Å². The molecule has 0 saturated heterocycles. The van der Waals surface area contributed by atoms with Gasteiger partial charge in [-0.25, -0.2) is 9.78 Å². The van der Waals surface area contributed by atoms with Gasteiger partial charge in [0.15, 0.2) is 17.2 Å². The van der Waals surface area contributed by atoms with Crippen molar-refractivity contribution in [1.82, 2.24) is 10.3 Å². The molecule has 1 aromatic carbocycles. The van der Waals surface area contributed by atoms with E-state index < -0.39 is 42.9 Å². The number of esters is 2. The Kier molecular flexibility index (Phi) is 13.0. The van der Waals surface area contributed by atoms with Gasteiger partial charge in [0.1, 0.15) is 24.0 Å². The summed E-state index contributed by atoms with van der Waals surface area (Å²) in [5, 5.41) is 3.16. The van der Waals surface area contributed by atoms with Gasteiger partial charge in [0.05, 0.1) is 12.1 Å². The molecule has 0 unspecified atom stereocenters. The molecule has 2 aromatic rings. The first kappa shape index (κ1) is 32.7. The minimum atomic E-state index is -1.01. The maximum atomic E-state index is 13.4. The molecule has 1 N–H and O–H groups in total. The lowest BCUT2D eigenvalue weighted by Crippen LogP contribution is -2.48. The zero-order chi connectivity index (χ0) is 29.8. The molecule has 3 atom stereocenters. The topological polar surface area (TPSA) is 122 Å². The predicted octanol–water partition coefficient (Wildman–Crippen LogP) is 5.21. The van der Waals surface area contributed by atoms with Crippen molar-refractivity contribution in [2.24, 2.45) is 11.8 Å². The number of carbonyl (C=O) groups is 3. The molecule has 1 aromatic heterocycles. The SMILES string of the molecule is CCC(CC)[C@@H](Oc1ccccc1Cl)[C@H](C)OC(=O)[C@@H](NC(=O)c1nccc(OC)c1OCOC(C)=O)C(C)C. The number of para-hydroxylation sites is 1. The van der Waals surface area contributed by atoms with Crippen LogP contribution < -0.4 is 19.5 Å². The van der Waals surface area contributed by atoms with Gasteiger partial charge in [-0.05, 0) is 43.7 Å². The van der Waals surface area contributed by atoms with Crippen LogP contribution in [0.5, 0.6) is 17.2 Å². The van der Waals surface area contributed by atoms with Gasteiger partial charge >= 0.3 is 11.9 Å². The van der Waals surface area contributed by atoms with Crippen LogP contribution in [-0.2, 0) is 19.1 Å². The van der Waals surface area contributed by atoms with E-state index in [1.54, 1.807) is 32.9 Å². The third-order valence-corrected chi connectivity index (χ3v) is 6.67. The van der Waals surface area contributed by atoms with Crippen LogP contribution in [0.3, 0.4) is 0 Å². The Balaban J connectivity index is 2.25. The third-order valence-electron chi connectivity index (χ3n) is 6.35. The number of nitrogens with one attached hydrogen (secondary N) is 1. The molecule has 1 amide bonds. The van der Waals surface area contributed by atoms with E-state index >= 15 is 0 Å². The Morgan fingerprint density at radius 1 is 1.02 bits per heavy atom. The number of rotatable bonds is 15. The smallest absolute Gasteiger partial charge is 0.329 e. The summed E-state index contributed by atoms with van der Waals surface area (Å²) >= 11 is 6.33. The van der Waals surface area contributed by atoms with E-state index in [-0.39, 0.29) is 29.0 Å². The first-order chi connectivity index (χ1) is 19.0. The van der Waals surface area contributed by atoms with Crippen LogP contribution in [0, 0.1) is 11.8 Å². The van der Waals surface area contributed by atoms with E-state index in [0.717, 1.165) is 12.8 Å². The standard InChI is InChI=1S/C29H39ClN2O8/c1-8-20(9-2)26(40-22-13-11-10-12-21(22)30)18(5)39-29(35)24(17(3)4)32-28(34)25-27(38-16-37-19(6)33)23(36-7)14-15-31-25/h10-15,17-18,20,24,26H,8-9,16H2,1-7H3,(H,32,34)/t18-,24-,26-/m0/s1. The van der Waals surface area contributed by atoms with Crippen LogP contribution in [0.4, 0.5) is 0 Å². The number of ether oxygens (including phenoxy) is 5. The molecule has 10 nitrogen and oxygen atoms in total. The molecule has 0 saturated carbocycles. The first-order valence-corrected chi connectivity index (χ1v) is 13.6. The van der Waals surface area contributed by atoms with Crippen LogP contribution in [0.25, 0.3) is 0 Å². The van der Waals surface area contributed by atoms with Crippen LogP contribution in [0.15, 0.2) is 36.5 Å². The highest BCUT2D eigenvalue weighted by atomic mass is 35.5. The molecule has 40 heavy (non-hydrogen) atoms. The van der Waals surface area contributed by atoms with E-state index in [1.807, 2.05) is 26.0 Å². The highest BCUT2D eigenvalue weighted by Gasteiger charge is 2.34. The molecule has 1 heterocycles. The molecule has 0 fully saturated rings. The van der Waals surface area contributed by atoms with E-state index in [1.165, 1.54) is 26.3 Å². The van der Waals surface area contributed by atoms with Crippen LogP contribution >= 0.6 is 11.6 Å². The molecular formula is C29H39ClN2O8. The molecular weight excluding hydrogens is 540 g/mol. The number of amides is 1. The summed E-state index contributed by atoms with van der Waals surface area (Å²) in [6.45, 7) is 10.2. The number of methoxy groups -OCH3 is 1. The summed E-state index contributed by atoms with van der Waals surface area (Å²) in [6, 6.07) is 7.62. The minimum absolute atomic E-state index is 0.0325. The lowest BCUT2D eigenvalue weighted by molar-refractivity contribution is -0.158. The number of halogens is 1. The second-order valence-electron chi connectivity index (χ2n) is 9.52. The van der Waals surface area contributed by atoms with E-state index in [9.17, 15) is 14.4 Å². The van der Waals surface area contributed by atoms with Crippen molar-refractivity contribution < 1.29 is 38.1 Å². The van der Waals surface area contributed by atoms with Gasteiger partial charge in [-0.1, -0.05) is 51.4 Å². The Bertz CT molecular complexity index is 1140. The summed E-state index contributed by atoms with van der Waals surface area (Å²) in [7, 11) is 1.40. The predicted molar refractivity (Wildman–Crippen MR) is 150 cm³/mol. The Labute approximate surface area is 240 Å². The van der Waals surface area contributed by atoms with Crippen molar-refractivity contribution in [3.63, 3.8) is 0 Å². The van der Waals surface area contributed by atoms with Gasteiger partial charge in [0, 0.05) is 19.2 Å². The molecule has 0 aliphatic heterocycles. The fourth-order valence-corrected chi connectivity index (χ4v) is 4.29.